The summed E-state index contributed by atoms with van der Waals surface area (Å²) in [6.07, 6.45) is 1.18. The minimum Gasteiger partial charge on any atom is -0.455 e. The fraction of sp³-hybridized carbons (Fsp3) is 0.286. The van der Waals surface area contributed by atoms with Gasteiger partial charge in [0.25, 0.3) is 5.91 Å². The fourth-order valence-electron chi connectivity index (χ4n) is 3.09. The Morgan fingerprint density at radius 3 is 2.24 bits per heavy atom. The number of benzene rings is 2. The van der Waals surface area contributed by atoms with Gasteiger partial charge >= 0.3 is 5.97 Å². The number of ether oxygens (including phenoxy) is 1. The molecular formula is C21H20ClFN2O4. The van der Waals surface area contributed by atoms with Crippen molar-refractivity contribution in [1.29, 1.82) is 0 Å². The van der Waals surface area contributed by atoms with Crippen LogP contribution in [0.1, 0.15) is 24.8 Å². The molecule has 2 amide bonds. The number of halogens is 2. The Morgan fingerprint density at radius 1 is 1.07 bits per heavy atom. The minimum absolute atomic E-state index is 0.000321. The van der Waals surface area contributed by atoms with Crippen LogP contribution in [0.25, 0.3) is 0 Å². The number of carbonyl (C=O) groups is 3. The molecule has 1 aliphatic carbocycles. The summed E-state index contributed by atoms with van der Waals surface area (Å²) in [5.41, 5.74) is 5.60. The second kappa shape index (κ2) is 8.61. The zero-order valence-corrected chi connectivity index (χ0v) is 16.3. The lowest BCUT2D eigenvalue weighted by Gasteiger charge is -2.23. The van der Waals surface area contributed by atoms with Crippen LogP contribution in [0, 0.1) is 5.82 Å². The van der Waals surface area contributed by atoms with Gasteiger partial charge in [-0.2, -0.15) is 0 Å². The van der Waals surface area contributed by atoms with Crippen LogP contribution in [-0.2, 0) is 24.5 Å². The van der Waals surface area contributed by atoms with E-state index in [-0.39, 0.29) is 13.0 Å². The smallest absolute Gasteiger partial charge is 0.317 e. The normalized spacial score (nSPS) is 14.1. The molecule has 0 spiro atoms. The van der Waals surface area contributed by atoms with Gasteiger partial charge in [-0.1, -0.05) is 23.7 Å². The highest BCUT2D eigenvalue weighted by atomic mass is 35.5. The van der Waals surface area contributed by atoms with Gasteiger partial charge in [0.15, 0.2) is 6.61 Å². The molecule has 0 atom stereocenters. The minimum atomic E-state index is -0.751. The van der Waals surface area contributed by atoms with E-state index in [0.29, 0.717) is 23.6 Å². The van der Waals surface area contributed by atoms with E-state index in [1.165, 1.54) is 29.2 Å². The van der Waals surface area contributed by atoms with E-state index in [9.17, 15) is 18.8 Å². The highest BCUT2D eigenvalue weighted by Crippen LogP contribution is 2.49. The molecule has 6 nitrogen and oxygen atoms in total. The topological polar surface area (TPSA) is 89.7 Å². The quantitative estimate of drug-likeness (QED) is 0.667. The second-order valence-electron chi connectivity index (χ2n) is 6.90. The third-order valence-corrected chi connectivity index (χ3v) is 5.14. The molecule has 0 heterocycles. The van der Waals surface area contributed by atoms with Crippen molar-refractivity contribution in [2.24, 2.45) is 5.73 Å². The zero-order valence-electron chi connectivity index (χ0n) is 15.6. The van der Waals surface area contributed by atoms with Crippen LogP contribution in [0.15, 0.2) is 48.5 Å². The number of hydrogen-bond acceptors (Lipinski definition) is 4. The van der Waals surface area contributed by atoms with Crippen molar-refractivity contribution >= 4 is 35.1 Å². The van der Waals surface area contributed by atoms with Crippen molar-refractivity contribution in [3.63, 3.8) is 0 Å². The lowest BCUT2D eigenvalue weighted by atomic mass is 9.96. The van der Waals surface area contributed by atoms with Gasteiger partial charge in [0.05, 0.1) is 5.41 Å². The summed E-state index contributed by atoms with van der Waals surface area (Å²) < 4.78 is 18.5. The van der Waals surface area contributed by atoms with Gasteiger partial charge in [0, 0.05) is 23.7 Å². The maximum absolute atomic E-state index is 13.2. The Labute approximate surface area is 172 Å². The van der Waals surface area contributed by atoms with Gasteiger partial charge in [-0.25, -0.2) is 4.39 Å². The number of primary amides is 1. The summed E-state index contributed by atoms with van der Waals surface area (Å²) in [4.78, 5) is 37.7. The Morgan fingerprint density at radius 2 is 1.69 bits per heavy atom. The van der Waals surface area contributed by atoms with Crippen molar-refractivity contribution in [3.05, 3.63) is 64.9 Å². The summed E-state index contributed by atoms with van der Waals surface area (Å²) in [6, 6.07) is 12.2. The fourth-order valence-corrected chi connectivity index (χ4v) is 3.21. The van der Waals surface area contributed by atoms with Crippen LogP contribution in [0.5, 0.6) is 0 Å². The van der Waals surface area contributed by atoms with E-state index >= 15 is 0 Å². The molecule has 2 aromatic carbocycles. The average Bonchev–Trinajstić information content (AvgIpc) is 3.50. The van der Waals surface area contributed by atoms with Gasteiger partial charge in [-0.15, -0.1) is 0 Å². The highest BCUT2D eigenvalue weighted by molar-refractivity contribution is 6.30. The van der Waals surface area contributed by atoms with Crippen LogP contribution < -0.4 is 10.6 Å². The third-order valence-electron chi connectivity index (χ3n) is 4.89. The SMILES string of the molecule is NC(=O)CCN(C(=O)COC(=O)C1(c2ccc(Cl)cc2)CC1)c1ccc(F)cc1. The number of nitrogens with zero attached hydrogens (tertiary/aromatic N) is 1. The van der Waals surface area contributed by atoms with Crippen molar-refractivity contribution in [1.82, 2.24) is 0 Å². The lowest BCUT2D eigenvalue weighted by molar-refractivity contribution is -0.150. The molecular weight excluding hydrogens is 399 g/mol. The second-order valence-corrected chi connectivity index (χ2v) is 7.34. The Bertz CT molecular complexity index is 911. The maximum atomic E-state index is 13.2. The first-order valence-electron chi connectivity index (χ1n) is 9.09. The van der Waals surface area contributed by atoms with E-state index in [1.54, 1.807) is 24.3 Å². The monoisotopic (exact) mass is 418 g/mol. The summed E-state index contributed by atoms with van der Waals surface area (Å²) in [6.45, 7) is -0.496. The lowest BCUT2D eigenvalue weighted by Crippen LogP contribution is -2.38. The van der Waals surface area contributed by atoms with Crippen LogP contribution in [-0.4, -0.2) is 30.9 Å². The molecule has 0 radical (unpaired) electrons. The predicted molar refractivity (Wildman–Crippen MR) is 106 cm³/mol. The molecule has 1 aliphatic rings. The van der Waals surface area contributed by atoms with E-state index in [2.05, 4.69) is 0 Å². The number of carbonyl (C=O) groups excluding carboxylic acids is 3. The number of esters is 1. The molecule has 152 valence electrons. The highest BCUT2D eigenvalue weighted by Gasteiger charge is 2.53. The van der Waals surface area contributed by atoms with Crippen molar-refractivity contribution in [3.8, 4) is 0 Å². The van der Waals surface area contributed by atoms with Crippen molar-refractivity contribution in [2.45, 2.75) is 24.7 Å². The van der Waals surface area contributed by atoms with Gasteiger partial charge in [0.1, 0.15) is 5.82 Å². The maximum Gasteiger partial charge on any atom is 0.317 e. The molecule has 0 aliphatic heterocycles. The number of anilines is 1. The molecule has 8 heteroatoms. The number of nitrogens with two attached hydrogens (primary N) is 1. The Balaban J connectivity index is 1.67. The van der Waals surface area contributed by atoms with Crippen LogP contribution >= 0.6 is 11.6 Å². The molecule has 2 N–H and O–H groups in total. The number of rotatable bonds is 8. The molecule has 29 heavy (non-hydrogen) atoms. The summed E-state index contributed by atoms with van der Waals surface area (Å²) >= 11 is 5.90. The van der Waals surface area contributed by atoms with E-state index in [1.807, 2.05) is 0 Å². The molecule has 2 aromatic rings. The standard InChI is InChI=1S/C21H20ClFN2O4/c22-15-3-1-14(2-4-15)21(10-11-21)20(28)29-13-19(27)25(12-9-18(24)26)17-7-5-16(23)6-8-17/h1-8H,9-13H2,(H2,24,26). The van der Waals surface area contributed by atoms with E-state index in [0.717, 1.165) is 5.56 Å². The largest absolute Gasteiger partial charge is 0.455 e. The van der Waals surface area contributed by atoms with Crippen LogP contribution in [0.2, 0.25) is 5.02 Å². The van der Waals surface area contributed by atoms with Gasteiger partial charge in [-0.05, 0) is 54.8 Å². The summed E-state index contributed by atoms with van der Waals surface area (Å²) in [7, 11) is 0. The number of amides is 2. The first-order valence-corrected chi connectivity index (χ1v) is 9.47. The van der Waals surface area contributed by atoms with Crippen molar-refractivity contribution in [2.75, 3.05) is 18.1 Å². The van der Waals surface area contributed by atoms with Gasteiger partial charge < -0.3 is 15.4 Å². The average molecular weight is 419 g/mol. The van der Waals surface area contributed by atoms with Crippen molar-refractivity contribution < 1.29 is 23.5 Å². The molecule has 3 rings (SSSR count). The summed E-state index contributed by atoms with van der Waals surface area (Å²) in [5.74, 6) is -2.05. The van der Waals surface area contributed by atoms with Gasteiger partial charge in [0.2, 0.25) is 5.91 Å². The first kappa shape index (κ1) is 20.8. The summed E-state index contributed by atoms with van der Waals surface area (Å²) in [5, 5.41) is 0.567. The van der Waals surface area contributed by atoms with E-state index in [4.69, 9.17) is 22.1 Å². The molecule has 1 saturated carbocycles. The Kier molecular flexibility index (Phi) is 6.17. The number of hydrogen-bond donors (Lipinski definition) is 1. The van der Waals surface area contributed by atoms with E-state index < -0.39 is 35.6 Å². The first-order chi connectivity index (χ1) is 13.8. The van der Waals surface area contributed by atoms with Crippen LogP contribution in [0.4, 0.5) is 10.1 Å². The van der Waals surface area contributed by atoms with Crippen LogP contribution in [0.3, 0.4) is 0 Å². The molecule has 0 unspecified atom stereocenters. The molecule has 0 saturated heterocycles. The third kappa shape index (κ3) is 4.92. The predicted octanol–water partition coefficient (Wildman–Crippen LogP) is 2.96. The zero-order chi connectivity index (χ0) is 21.0. The Hall–Kier alpha value is -2.93. The van der Waals surface area contributed by atoms with Gasteiger partial charge in [-0.3, -0.25) is 14.4 Å². The molecule has 1 fully saturated rings. The molecule has 0 aromatic heterocycles. The molecule has 0 bridgehead atoms.